The number of aliphatic hydroxyl groups excluding tert-OH is 1. The Morgan fingerprint density at radius 2 is 2.12 bits per heavy atom. The first-order chi connectivity index (χ1) is 7.84. The van der Waals surface area contributed by atoms with Gasteiger partial charge in [-0.15, -0.1) is 0 Å². The Morgan fingerprint density at radius 1 is 1.31 bits per heavy atom. The Bertz CT molecular complexity index is 349. The zero-order chi connectivity index (χ0) is 11.0. The van der Waals surface area contributed by atoms with E-state index in [0.717, 1.165) is 38.3 Å². The molecule has 2 bridgehead atoms. The van der Waals surface area contributed by atoms with E-state index < -0.39 is 6.10 Å². The number of piperazine rings is 3. The molecule has 0 aliphatic carbocycles. The number of aliphatic hydroxyl groups is 1. The molecule has 4 heteroatoms. The number of rotatable bonds is 2. The van der Waals surface area contributed by atoms with Gasteiger partial charge in [0.05, 0.1) is 12.1 Å². The molecular formula is C12H17N3O. The minimum Gasteiger partial charge on any atom is -0.387 e. The summed E-state index contributed by atoms with van der Waals surface area (Å²) in [5, 5.41) is 10.4. The third-order valence-corrected chi connectivity index (χ3v) is 3.71. The van der Waals surface area contributed by atoms with E-state index in [2.05, 4.69) is 14.8 Å². The van der Waals surface area contributed by atoms with E-state index in [-0.39, 0.29) is 6.04 Å². The molecule has 0 amide bonds. The van der Waals surface area contributed by atoms with Gasteiger partial charge in [-0.25, -0.2) is 0 Å². The van der Waals surface area contributed by atoms with Gasteiger partial charge in [-0.3, -0.25) is 14.8 Å². The van der Waals surface area contributed by atoms with Crippen molar-refractivity contribution in [2.24, 2.45) is 0 Å². The van der Waals surface area contributed by atoms with Gasteiger partial charge in [0.25, 0.3) is 0 Å². The highest BCUT2D eigenvalue weighted by Gasteiger charge is 2.36. The van der Waals surface area contributed by atoms with Crippen LogP contribution in [-0.4, -0.2) is 58.7 Å². The predicted octanol–water partition coefficient (Wildman–Crippen LogP) is 0.115. The Morgan fingerprint density at radius 3 is 2.69 bits per heavy atom. The fourth-order valence-corrected chi connectivity index (χ4v) is 2.73. The second kappa shape index (κ2) is 4.13. The van der Waals surface area contributed by atoms with Crippen molar-refractivity contribution >= 4 is 0 Å². The molecule has 16 heavy (non-hydrogen) atoms. The molecule has 4 rings (SSSR count). The lowest BCUT2D eigenvalue weighted by atomic mass is 9.98. The van der Waals surface area contributed by atoms with E-state index in [9.17, 15) is 5.11 Å². The fraction of sp³-hybridized carbons (Fsp3) is 0.583. The predicted molar refractivity (Wildman–Crippen MR) is 61.0 cm³/mol. The molecule has 2 atom stereocenters. The summed E-state index contributed by atoms with van der Waals surface area (Å²) in [7, 11) is 0. The number of hydrogen-bond donors (Lipinski definition) is 1. The van der Waals surface area contributed by atoms with Gasteiger partial charge in [-0.05, 0) is 6.07 Å². The average Bonchev–Trinajstić information content (AvgIpc) is 2.40. The molecule has 0 spiro atoms. The molecule has 2 unspecified atom stereocenters. The monoisotopic (exact) mass is 219 g/mol. The summed E-state index contributed by atoms with van der Waals surface area (Å²) in [6.45, 7) is 5.45. The van der Waals surface area contributed by atoms with E-state index in [1.807, 2.05) is 12.1 Å². The summed E-state index contributed by atoms with van der Waals surface area (Å²) < 4.78 is 0. The van der Waals surface area contributed by atoms with Gasteiger partial charge in [-0.2, -0.15) is 0 Å². The van der Waals surface area contributed by atoms with Crippen LogP contribution in [0.5, 0.6) is 0 Å². The van der Waals surface area contributed by atoms with Crippen molar-refractivity contribution < 1.29 is 5.11 Å². The molecule has 3 saturated heterocycles. The summed E-state index contributed by atoms with van der Waals surface area (Å²) in [6.07, 6.45) is 3.10. The third kappa shape index (κ3) is 1.73. The Hall–Kier alpha value is -0.970. The minimum atomic E-state index is -0.406. The number of fused-ring (bicyclic) bond motifs is 3. The molecule has 4 nitrogen and oxygen atoms in total. The van der Waals surface area contributed by atoms with Crippen molar-refractivity contribution in [1.82, 2.24) is 14.8 Å². The first kappa shape index (κ1) is 10.2. The lowest BCUT2D eigenvalue weighted by Crippen LogP contribution is -2.62. The third-order valence-electron chi connectivity index (χ3n) is 3.71. The van der Waals surface area contributed by atoms with E-state index in [1.165, 1.54) is 0 Å². The van der Waals surface area contributed by atoms with Crippen LogP contribution in [0, 0.1) is 0 Å². The number of nitrogens with zero attached hydrogens (tertiary/aromatic N) is 3. The number of pyridine rings is 1. The van der Waals surface area contributed by atoms with Crippen LogP contribution in [0.4, 0.5) is 0 Å². The SMILES string of the molecule is OC(c1cccnc1)C1CN2CCN1CC2. The fourth-order valence-electron chi connectivity index (χ4n) is 2.73. The van der Waals surface area contributed by atoms with Crippen molar-refractivity contribution in [2.45, 2.75) is 12.1 Å². The lowest BCUT2D eigenvalue weighted by molar-refractivity contribution is -0.0471. The normalized spacial score (nSPS) is 34.9. The molecule has 0 aromatic carbocycles. The van der Waals surface area contributed by atoms with E-state index >= 15 is 0 Å². The first-order valence-electron chi connectivity index (χ1n) is 5.89. The lowest BCUT2D eigenvalue weighted by Gasteiger charge is -2.49. The largest absolute Gasteiger partial charge is 0.387 e. The van der Waals surface area contributed by atoms with Crippen LogP contribution in [-0.2, 0) is 0 Å². The average molecular weight is 219 g/mol. The second-order valence-electron chi connectivity index (χ2n) is 4.64. The highest BCUT2D eigenvalue weighted by atomic mass is 16.3. The van der Waals surface area contributed by atoms with Crippen molar-refractivity contribution in [3.05, 3.63) is 30.1 Å². The van der Waals surface area contributed by atoms with E-state index in [1.54, 1.807) is 12.4 Å². The van der Waals surface area contributed by atoms with E-state index in [4.69, 9.17) is 0 Å². The van der Waals surface area contributed by atoms with Crippen LogP contribution in [0.2, 0.25) is 0 Å². The minimum absolute atomic E-state index is 0.242. The van der Waals surface area contributed by atoms with E-state index in [0.29, 0.717) is 0 Å². The second-order valence-corrected chi connectivity index (χ2v) is 4.64. The van der Waals surface area contributed by atoms with Crippen molar-refractivity contribution in [3.63, 3.8) is 0 Å². The van der Waals surface area contributed by atoms with Crippen LogP contribution in [0.3, 0.4) is 0 Å². The molecule has 4 heterocycles. The van der Waals surface area contributed by atoms with Crippen molar-refractivity contribution in [1.29, 1.82) is 0 Å². The molecule has 0 radical (unpaired) electrons. The van der Waals surface area contributed by atoms with Crippen LogP contribution in [0.1, 0.15) is 11.7 Å². The molecule has 3 aliphatic rings. The molecular weight excluding hydrogens is 202 g/mol. The topological polar surface area (TPSA) is 39.6 Å². The molecule has 86 valence electrons. The summed E-state index contributed by atoms with van der Waals surface area (Å²) in [5.41, 5.74) is 0.932. The number of aromatic nitrogens is 1. The van der Waals surface area contributed by atoms with Gasteiger partial charge in [0.2, 0.25) is 0 Å². The van der Waals surface area contributed by atoms with Crippen LogP contribution in [0.15, 0.2) is 24.5 Å². The van der Waals surface area contributed by atoms with Gasteiger partial charge in [-0.1, -0.05) is 6.07 Å². The summed E-state index contributed by atoms with van der Waals surface area (Å²) in [5.74, 6) is 0. The van der Waals surface area contributed by atoms with Gasteiger partial charge in [0, 0.05) is 50.7 Å². The maximum atomic E-state index is 10.4. The highest BCUT2D eigenvalue weighted by molar-refractivity contribution is 5.15. The van der Waals surface area contributed by atoms with Crippen molar-refractivity contribution in [2.75, 3.05) is 32.7 Å². The molecule has 0 saturated carbocycles. The first-order valence-corrected chi connectivity index (χ1v) is 5.89. The molecule has 1 aromatic rings. The van der Waals surface area contributed by atoms with Crippen molar-refractivity contribution in [3.8, 4) is 0 Å². The van der Waals surface area contributed by atoms with Crippen LogP contribution in [0.25, 0.3) is 0 Å². The highest BCUT2D eigenvalue weighted by Crippen LogP contribution is 2.26. The Labute approximate surface area is 95.5 Å². The van der Waals surface area contributed by atoms with Gasteiger partial charge >= 0.3 is 0 Å². The quantitative estimate of drug-likeness (QED) is 0.766. The zero-order valence-corrected chi connectivity index (χ0v) is 9.29. The van der Waals surface area contributed by atoms with Crippen LogP contribution >= 0.6 is 0 Å². The maximum absolute atomic E-state index is 10.4. The summed E-state index contributed by atoms with van der Waals surface area (Å²) in [6, 6.07) is 4.08. The molecule has 3 aliphatic heterocycles. The zero-order valence-electron chi connectivity index (χ0n) is 9.29. The van der Waals surface area contributed by atoms with Crippen LogP contribution < -0.4 is 0 Å². The standard InChI is InChI=1S/C12H17N3O/c16-12(10-2-1-3-13-8-10)11-9-14-4-6-15(11)7-5-14/h1-3,8,11-12,16H,4-7,9H2. The van der Waals surface area contributed by atoms with Gasteiger partial charge in [0.15, 0.2) is 0 Å². The number of hydrogen-bond acceptors (Lipinski definition) is 4. The Balaban J connectivity index is 1.78. The van der Waals surface area contributed by atoms with Gasteiger partial charge < -0.3 is 5.11 Å². The maximum Gasteiger partial charge on any atom is 0.0972 e. The summed E-state index contributed by atoms with van der Waals surface area (Å²) >= 11 is 0. The summed E-state index contributed by atoms with van der Waals surface area (Å²) in [4.78, 5) is 8.91. The molecule has 3 fully saturated rings. The smallest absolute Gasteiger partial charge is 0.0972 e. The Kier molecular flexibility index (Phi) is 2.63. The molecule has 1 N–H and O–H groups in total. The molecule has 1 aromatic heterocycles. The van der Waals surface area contributed by atoms with Gasteiger partial charge in [0.1, 0.15) is 0 Å².